The normalized spacial score (nSPS) is 25.2. The summed E-state index contributed by atoms with van der Waals surface area (Å²) >= 11 is 0. The van der Waals surface area contributed by atoms with E-state index in [1.165, 1.54) is 0 Å². The topological polar surface area (TPSA) is 69.2 Å². The Morgan fingerprint density at radius 1 is 1.59 bits per heavy atom. The van der Waals surface area contributed by atoms with Crippen LogP contribution in [0.1, 0.15) is 19.8 Å². The van der Waals surface area contributed by atoms with Gasteiger partial charge in [0.05, 0.1) is 12.3 Å². The Balaban J connectivity index is 2.15. The molecule has 2 heterocycles. The van der Waals surface area contributed by atoms with E-state index in [2.05, 4.69) is 22.1 Å². The Kier molecular flexibility index (Phi) is 3.96. The van der Waals surface area contributed by atoms with Crippen molar-refractivity contribution in [3.8, 4) is 0 Å². The molecule has 1 fully saturated rings. The molecule has 1 saturated heterocycles. The van der Waals surface area contributed by atoms with E-state index in [1.54, 1.807) is 7.11 Å². The van der Waals surface area contributed by atoms with E-state index in [1.807, 2.05) is 10.9 Å². The lowest BCUT2D eigenvalue weighted by atomic mass is 9.99. The molecule has 6 nitrogen and oxygen atoms in total. The minimum atomic E-state index is 0.317. The molecule has 0 spiro atoms. The number of hydrogen-bond acceptors (Lipinski definition) is 5. The summed E-state index contributed by atoms with van der Waals surface area (Å²) in [4.78, 5) is 2.30. The summed E-state index contributed by atoms with van der Waals surface area (Å²) in [5, 5.41) is 8.05. The number of anilines is 1. The van der Waals surface area contributed by atoms with Crippen molar-refractivity contribution < 1.29 is 4.74 Å². The zero-order chi connectivity index (χ0) is 12.3. The number of aromatic nitrogens is 3. The maximum Gasteiger partial charge on any atom is 0.147 e. The van der Waals surface area contributed by atoms with Gasteiger partial charge in [0.2, 0.25) is 0 Å². The first kappa shape index (κ1) is 12.3. The summed E-state index contributed by atoms with van der Waals surface area (Å²) in [6.45, 7) is 4.48. The van der Waals surface area contributed by atoms with Crippen molar-refractivity contribution in [2.75, 3.05) is 25.1 Å². The van der Waals surface area contributed by atoms with Gasteiger partial charge in [0.1, 0.15) is 5.82 Å². The smallest absolute Gasteiger partial charge is 0.147 e. The maximum absolute atomic E-state index is 5.86. The summed E-state index contributed by atoms with van der Waals surface area (Å²) < 4.78 is 7.34. The maximum atomic E-state index is 5.86. The largest absolute Gasteiger partial charge is 0.381 e. The van der Waals surface area contributed by atoms with Crippen LogP contribution in [0.25, 0.3) is 0 Å². The molecular formula is C11H21N5O. The van der Waals surface area contributed by atoms with Crippen LogP contribution in [0.4, 0.5) is 5.82 Å². The number of aryl methyl sites for hydroxylation is 1. The van der Waals surface area contributed by atoms with E-state index in [-0.39, 0.29) is 0 Å². The van der Waals surface area contributed by atoms with E-state index >= 15 is 0 Å². The number of nitrogens with two attached hydrogens (primary N) is 1. The van der Waals surface area contributed by atoms with Gasteiger partial charge in [-0.25, -0.2) is 4.68 Å². The van der Waals surface area contributed by atoms with Gasteiger partial charge in [-0.15, -0.1) is 5.10 Å². The minimum absolute atomic E-state index is 0.317. The molecule has 1 aromatic heterocycles. The van der Waals surface area contributed by atoms with E-state index in [4.69, 9.17) is 10.5 Å². The Morgan fingerprint density at radius 2 is 2.41 bits per heavy atom. The second-order valence-electron chi connectivity index (χ2n) is 4.37. The standard InChI is InChI=1S/C11H21N5O/c1-3-16-11(8-13-14-16)15-5-4-10(17-2)6-9(15)7-12/h8-10H,3-7,12H2,1-2H3. The molecule has 1 aliphatic heterocycles. The third kappa shape index (κ3) is 2.42. The van der Waals surface area contributed by atoms with Crippen LogP contribution in [0.5, 0.6) is 0 Å². The Labute approximate surface area is 102 Å². The highest BCUT2D eigenvalue weighted by molar-refractivity contribution is 5.38. The molecule has 17 heavy (non-hydrogen) atoms. The number of ether oxygens (including phenoxy) is 1. The molecule has 0 amide bonds. The highest BCUT2D eigenvalue weighted by Gasteiger charge is 2.29. The van der Waals surface area contributed by atoms with Crippen molar-refractivity contribution in [2.24, 2.45) is 5.73 Å². The average Bonchev–Trinajstić information content (AvgIpc) is 2.85. The summed E-state index contributed by atoms with van der Waals surface area (Å²) in [5.74, 6) is 1.07. The molecule has 1 aliphatic rings. The fourth-order valence-corrected chi connectivity index (χ4v) is 2.45. The third-order valence-corrected chi connectivity index (χ3v) is 3.46. The van der Waals surface area contributed by atoms with Gasteiger partial charge in [-0.05, 0) is 19.8 Å². The average molecular weight is 239 g/mol. The van der Waals surface area contributed by atoms with Crippen LogP contribution < -0.4 is 10.6 Å². The second kappa shape index (κ2) is 5.46. The predicted molar refractivity (Wildman–Crippen MR) is 65.9 cm³/mol. The zero-order valence-corrected chi connectivity index (χ0v) is 10.5. The lowest BCUT2D eigenvalue weighted by molar-refractivity contribution is 0.0706. The molecule has 0 aliphatic carbocycles. The first-order valence-corrected chi connectivity index (χ1v) is 6.18. The van der Waals surface area contributed by atoms with E-state index in [0.29, 0.717) is 18.7 Å². The van der Waals surface area contributed by atoms with Crippen molar-refractivity contribution in [1.29, 1.82) is 0 Å². The van der Waals surface area contributed by atoms with Crippen molar-refractivity contribution in [3.63, 3.8) is 0 Å². The van der Waals surface area contributed by atoms with Gasteiger partial charge in [-0.2, -0.15) is 0 Å². The first-order valence-electron chi connectivity index (χ1n) is 6.18. The molecule has 1 aromatic rings. The third-order valence-electron chi connectivity index (χ3n) is 3.46. The minimum Gasteiger partial charge on any atom is -0.381 e. The SMILES string of the molecule is CCn1nncc1N1CCC(OC)CC1CN. The first-order chi connectivity index (χ1) is 8.30. The van der Waals surface area contributed by atoms with Crippen molar-refractivity contribution in [2.45, 2.75) is 38.5 Å². The van der Waals surface area contributed by atoms with Crippen LogP contribution >= 0.6 is 0 Å². The number of nitrogens with zero attached hydrogens (tertiary/aromatic N) is 4. The van der Waals surface area contributed by atoms with Gasteiger partial charge < -0.3 is 15.4 Å². The van der Waals surface area contributed by atoms with Gasteiger partial charge in [-0.3, -0.25) is 0 Å². The fourth-order valence-electron chi connectivity index (χ4n) is 2.45. The van der Waals surface area contributed by atoms with Crippen LogP contribution in [0, 0.1) is 0 Å². The molecule has 0 saturated carbocycles. The molecule has 2 unspecified atom stereocenters. The van der Waals surface area contributed by atoms with E-state index in [9.17, 15) is 0 Å². The van der Waals surface area contributed by atoms with Gasteiger partial charge in [-0.1, -0.05) is 5.21 Å². The molecule has 0 radical (unpaired) electrons. The van der Waals surface area contributed by atoms with Crippen LogP contribution in [0.2, 0.25) is 0 Å². The van der Waals surface area contributed by atoms with Gasteiger partial charge >= 0.3 is 0 Å². The van der Waals surface area contributed by atoms with Crippen LogP contribution in [0.15, 0.2) is 6.20 Å². The molecule has 96 valence electrons. The zero-order valence-electron chi connectivity index (χ0n) is 10.5. The number of methoxy groups -OCH3 is 1. The summed E-state index contributed by atoms with van der Waals surface area (Å²) in [7, 11) is 1.77. The molecule has 6 heteroatoms. The Morgan fingerprint density at radius 3 is 3.06 bits per heavy atom. The summed E-state index contributed by atoms with van der Waals surface area (Å²) in [6.07, 6.45) is 4.15. The second-order valence-corrected chi connectivity index (χ2v) is 4.37. The number of rotatable bonds is 4. The number of piperidine rings is 1. The van der Waals surface area contributed by atoms with Crippen molar-refractivity contribution >= 4 is 5.82 Å². The molecule has 0 aromatic carbocycles. The number of hydrogen-bond donors (Lipinski definition) is 1. The molecule has 2 atom stereocenters. The predicted octanol–water partition coefficient (Wildman–Crippen LogP) is 0.241. The van der Waals surface area contributed by atoms with Crippen LogP contribution in [-0.4, -0.2) is 47.3 Å². The van der Waals surface area contributed by atoms with E-state index in [0.717, 1.165) is 31.7 Å². The highest BCUT2D eigenvalue weighted by atomic mass is 16.5. The summed E-state index contributed by atoms with van der Waals surface area (Å²) in [6, 6.07) is 0.317. The van der Waals surface area contributed by atoms with Crippen molar-refractivity contribution in [3.05, 3.63) is 6.20 Å². The van der Waals surface area contributed by atoms with E-state index < -0.39 is 0 Å². The van der Waals surface area contributed by atoms with Crippen LogP contribution in [0.3, 0.4) is 0 Å². The monoisotopic (exact) mass is 239 g/mol. The Hall–Kier alpha value is -1.14. The molecule has 2 N–H and O–H groups in total. The van der Waals surface area contributed by atoms with Crippen molar-refractivity contribution in [1.82, 2.24) is 15.0 Å². The fraction of sp³-hybridized carbons (Fsp3) is 0.818. The molecular weight excluding hydrogens is 218 g/mol. The lowest BCUT2D eigenvalue weighted by Gasteiger charge is -2.39. The lowest BCUT2D eigenvalue weighted by Crippen LogP contribution is -2.49. The summed E-state index contributed by atoms with van der Waals surface area (Å²) in [5.41, 5.74) is 5.86. The van der Waals surface area contributed by atoms with Gasteiger partial charge in [0.25, 0.3) is 0 Å². The molecule has 2 rings (SSSR count). The van der Waals surface area contributed by atoms with Gasteiger partial charge in [0.15, 0.2) is 0 Å². The Bertz CT molecular complexity index is 353. The quantitative estimate of drug-likeness (QED) is 0.815. The molecule has 0 bridgehead atoms. The van der Waals surface area contributed by atoms with Crippen LogP contribution in [-0.2, 0) is 11.3 Å². The highest BCUT2D eigenvalue weighted by Crippen LogP contribution is 2.24. The van der Waals surface area contributed by atoms with Gasteiger partial charge in [0, 0.05) is 32.8 Å².